The van der Waals surface area contributed by atoms with E-state index in [1.54, 1.807) is 7.11 Å². The number of hydrogen-bond donors (Lipinski definition) is 1. The van der Waals surface area contributed by atoms with Crippen LogP contribution in [-0.2, 0) is 0 Å². The van der Waals surface area contributed by atoms with Crippen molar-refractivity contribution >= 4 is 22.4 Å². The van der Waals surface area contributed by atoms with Gasteiger partial charge in [-0.15, -0.1) is 0 Å². The highest BCUT2D eigenvalue weighted by Gasteiger charge is 2.27. The smallest absolute Gasteiger partial charge is 0.319 e. The molecule has 2 aromatic carbocycles. The number of ether oxygens (including phenoxy) is 2. The summed E-state index contributed by atoms with van der Waals surface area (Å²) in [4.78, 5) is 14.1. The summed E-state index contributed by atoms with van der Waals surface area (Å²) in [7, 11) is 3.74. The Morgan fingerprint density at radius 2 is 1.85 bits per heavy atom. The summed E-state index contributed by atoms with van der Waals surface area (Å²) in [6.45, 7) is 2.51. The third kappa shape index (κ3) is 4.62. The van der Waals surface area contributed by atoms with Crippen molar-refractivity contribution < 1.29 is 14.6 Å². The van der Waals surface area contributed by atoms with Crippen molar-refractivity contribution in [1.82, 2.24) is 9.97 Å². The monoisotopic (exact) mass is 462 g/mol. The largest absolute Gasteiger partial charge is 0.496 e. The third-order valence-electron chi connectivity index (χ3n) is 7.21. The van der Waals surface area contributed by atoms with E-state index < -0.39 is 0 Å². The first-order valence-electron chi connectivity index (χ1n) is 12.3. The van der Waals surface area contributed by atoms with Crippen molar-refractivity contribution in [2.75, 3.05) is 50.2 Å². The van der Waals surface area contributed by atoms with E-state index in [1.165, 1.54) is 12.0 Å². The second kappa shape index (κ2) is 10.1. The van der Waals surface area contributed by atoms with Crippen LogP contribution < -0.4 is 19.3 Å². The Kier molecular flexibility index (Phi) is 6.72. The summed E-state index contributed by atoms with van der Waals surface area (Å²) in [5.74, 6) is 2.38. The second-order valence-corrected chi connectivity index (χ2v) is 9.35. The summed E-state index contributed by atoms with van der Waals surface area (Å²) in [5.41, 5.74) is 3.23. The molecule has 2 fully saturated rings. The molecule has 0 atom stereocenters. The van der Waals surface area contributed by atoms with Gasteiger partial charge in [-0.1, -0.05) is 18.2 Å². The van der Waals surface area contributed by atoms with Gasteiger partial charge in [-0.3, -0.25) is 0 Å². The summed E-state index contributed by atoms with van der Waals surface area (Å²) in [6.07, 6.45) is 5.67. The van der Waals surface area contributed by atoms with E-state index in [-0.39, 0.29) is 12.7 Å². The summed E-state index contributed by atoms with van der Waals surface area (Å²) < 4.78 is 11.7. The van der Waals surface area contributed by atoms with Crippen LogP contribution in [-0.4, -0.2) is 61.6 Å². The summed E-state index contributed by atoms with van der Waals surface area (Å²) >= 11 is 0. The number of aromatic nitrogens is 2. The zero-order chi connectivity index (χ0) is 23.5. The van der Waals surface area contributed by atoms with Gasteiger partial charge >= 0.3 is 6.01 Å². The molecule has 2 aliphatic rings. The van der Waals surface area contributed by atoms with Crippen molar-refractivity contribution in [2.24, 2.45) is 0 Å². The molecule has 1 saturated carbocycles. The van der Waals surface area contributed by atoms with Gasteiger partial charge < -0.3 is 24.4 Å². The number of nitrogens with zero attached hydrogens (tertiary/aromatic N) is 4. The van der Waals surface area contributed by atoms with Crippen LogP contribution in [0.3, 0.4) is 0 Å². The van der Waals surface area contributed by atoms with E-state index in [1.807, 2.05) is 25.2 Å². The van der Waals surface area contributed by atoms with Gasteiger partial charge in [0.05, 0.1) is 19.2 Å². The van der Waals surface area contributed by atoms with E-state index in [0.717, 1.165) is 66.9 Å². The number of aliphatic hydroxyl groups is 1. The first-order chi connectivity index (χ1) is 16.7. The fourth-order valence-electron chi connectivity index (χ4n) is 4.93. The van der Waals surface area contributed by atoms with E-state index in [2.05, 4.69) is 34.1 Å². The highest BCUT2D eigenvalue weighted by atomic mass is 16.5. The maximum absolute atomic E-state index is 9.37. The number of aliphatic hydroxyl groups excluding tert-OH is 1. The number of methoxy groups -OCH3 is 1. The fraction of sp³-hybridized carbons (Fsp3) is 0.481. The lowest BCUT2D eigenvalue weighted by molar-refractivity contribution is 0.109. The standard InChI is InChI=1S/C27H34N4O3/c1-30(16-17-32)20-10-11-24-23(18-20)26(29-27(28-24)34-21-6-5-7-21)31-14-12-19(13-15-31)22-8-3-4-9-25(22)33-2/h3-4,8-11,18-19,21,32H,5-7,12-17H2,1-2H3. The molecule has 5 rings (SSSR count). The zero-order valence-electron chi connectivity index (χ0n) is 20.1. The molecule has 1 saturated heterocycles. The Bertz CT molecular complexity index is 1130. The SMILES string of the molecule is COc1ccccc1C1CCN(c2nc(OC3CCC3)nc3ccc(N(C)CCO)cc23)CC1. The molecule has 7 heteroatoms. The lowest BCUT2D eigenvalue weighted by Crippen LogP contribution is -2.34. The van der Waals surface area contributed by atoms with Crippen molar-refractivity contribution in [3.05, 3.63) is 48.0 Å². The van der Waals surface area contributed by atoms with E-state index in [9.17, 15) is 5.11 Å². The normalized spacial score (nSPS) is 17.0. The molecule has 34 heavy (non-hydrogen) atoms. The number of anilines is 2. The molecule has 3 aromatic rings. The van der Waals surface area contributed by atoms with Crippen LogP contribution in [0, 0.1) is 0 Å². The third-order valence-corrected chi connectivity index (χ3v) is 7.21. The average Bonchev–Trinajstić information content (AvgIpc) is 2.85. The predicted molar refractivity (Wildman–Crippen MR) is 135 cm³/mol. The Balaban J connectivity index is 1.44. The lowest BCUT2D eigenvalue weighted by atomic mass is 9.88. The number of para-hydroxylation sites is 1. The average molecular weight is 463 g/mol. The molecule has 180 valence electrons. The molecule has 7 nitrogen and oxygen atoms in total. The van der Waals surface area contributed by atoms with Crippen molar-refractivity contribution in [2.45, 2.75) is 44.1 Å². The zero-order valence-corrected chi connectivity index (χ0v) is 20.1. The first kappa shape index (κ1) is 22.7. The van der Waals surface area contributed by atoms with Crippen molar-refractivity contribution in [1.29, 1.82) is 0 Å². The van der Waals surface area contributed by atoms with Crippen LogP contribution in [0.1, 0.15) is 43.6 Å². The Labute approximate surface area is 201 Å². The summed E-state index contributed by atoms with van der Waals surface area (Å²) in [5, 5.41) is 10.4. The summed E-state index contributed by atoms with van der Waals surface area (Å²) in [6, 6.07) is 15.1. The molecule has 0 unspecified atom stereocenters. The Morgan fingerprint density at radius 3 is 2.56 bits per heavy atom. The second-order valence-electron chi connectivity index (χ2n) is 9.35. The minimum absolute atomic E-state index is 0.114. The fourth-order valence-corrected chi connectivity index (χ4v) is 4.93. The van der Waals surface area contributed by atoms with Crippen LogP contribution in [0.2, 0.25) is 0 Å². The minimum atomic E-state index is 0.114. The molecular weight excluding hydrogens is 428 g/mol. The molecule has 1 aliphatic heterocycles. The van der Waals surface area contributed by atoms with Crippen LogP contribution >= 0.6 is 0 Å². The topological polar surface area (TPSA) is 71.0 Å². The number of fused-ring (bicyclic) bond motifs is 1. The minimum Gasteiger partial charge on any atom is -0.496 e. The van der Waals surface area contributed by atoms with Gasteiger partial charge in [0, 0.05) is 37.8 Å². The molecule has 0 spiro atoms. The molecule has 0 bridgehead atoms. The molecular formula is C27H34N4O3. The number of benzene rings is 2. The highest BCUT2D eigenvalue weighted by Crippen LogP contribution is 2.37. The quantitative estimate of drug-likeness (QED) is 0.533. The molecule has 0 amide bonds. The lowest BCUT2D eigenvalue weighted by Gasteiger charge is -2.34. The van der Waals surface area contributed by atoms with Gasteiger partial charge in [-0.25, -0.2) is 0 Å². The number of likely N-dealkylation sites (N-methyl/N-ethyl adjacent to an activating group) is 1. The molecule has 2 heterocycles. The molecule has 1 aromatic heterocycles. The van der Waals surface area contributed by atoms with Gasteiger partial charge in [-0.2, -0.15) is 9.97 Å². The van der Waals surface area contributed by atoms with Crippen LogP contribution in [0.15, 0.2) is 42.5 Å². The Morgan fingerprint density at radius 1 is 1.06 bits per heavy atom. The van der Waals surface area contributed by atoms with Gasteiger partial charge in [-0.05, 0) is 67.9 Å². The highest BCUT2D eigenvalue weighted by molar-refractivity contribution is 5.92. The van der Waals surface area contributed by atoms with E-state index in [4.69, 9.17) is 19.4 Å². The van der Waals surface area contributed by atoms with Gasteiger partial charge in [0.2, 0.25) is 0 Å². The molecule has 1 N–H and O–H groups in total. The van der Waals surface area contributed by atoms with E-state index in [0.29, 0.717) is 18.5 Å². The van der Waals surface area contributed by atoms with Crippen LogP contribution in [0.25, 0.3) is 10.9 Å². The maximum Gasteiger partial charge on any atom is 0.319 e. The van der Waals surface area contributed by atoms with Crippen LogP contribution in [0.4, 0.5) is 11.5 Å². The van der Waals surface area contributed by atoms with Gasteiger partial charge in [0.15, 0.2) is 0 Å². The van der Waals surface area contributed by atoms with Crippen molar-refractivity contribution in [3.63, 3.8) is 0 Å². The Hall–Kier alpha value is -3.06. The van der Waals surface area contributed by atoms with E-state index >= 15 is 0 Å². The number of hydrogen-bond acceptors (Lipinski definition) is 7. The molecule has 0 radical (unpaired) electrons. The first-order valence-corrected chi connectivity index (χ1v) is 12.3. The van der Waals surface area contributed by atoms with Crippen LogP contribution in [0.5, 0.6) is 11.8 Å². The molecule has 1 aliphatic carbocycles. The van der Waals surface area contributed by atoms with Gasteiger partial charge in [0.25, 0.3) is 0 Å². The van der Waals surface area contributed by atoms with Gasteiger partial charge in [0.1, 0.15) is 17.7 Å². The predicted octanol–water partition coefficient (Wildman–Crippen LogP) is 4.38. The number of rotatable bonds is 8. The number of piperidine rings is 1. The maximum atomic E-state index is 9.37. The van der Waals surface area contributed by atoms with Crippen molar-refractivity contribution in [3.8, 4) is 11.8 Å².